The van der Waals surface area contributed by atoms with Gasteiger partial charge >= 0.3 is 0 Å². The molecule has 260 valence electrons. The molecule has 55 heavy (non-hydrogen) atoms. The van der Waals surface area contributed by atoms with Gasteiger partial charge in [0.1, 0.15) is 5.82 Å². The summed E-state index contributed by atoms with van der Waals surface area (Å²) in [6.07, 6.45) is -2.73. The van der Waals surface area contributed by atoms with E-state index in [0.29, 0.717) is 22.3 Å². The average molecular weight is 718 g/mol. The van der Waals surface area contributed by atoms with Gasteiger partial charge in [-0.2, -0.15) is 0 Å². The van der Waals surface area contributed by atoms with E-state index in [-0.39, 0.29) is 28.1 Å². The van der Waals surface area contributed by atoms with Gasteiger partial charge in [0, 0.05) is 18.9 Å². The molecule has 10 aromatic rings. The number of hydrogen-bond donors (Lipinski definition) is 0. The number of fused-ring (bicyclic) bond motifs is 3. The molecule has 0 saturated heterocycles. The van der Waals surface area contributed by atoms with Crippen LogP contribution in [-0.4, -0.2) is 9.55 Å². The lowest BCUT2D eigenvalue weighted by Gasteiger charge is -2.19. The van der Waals surface area contributed by atoms with Crippen molar-refractivity contribution >= 4 is 32.6 Å². The molecule has 0 fully saturated rings. The molecule has 0 aliphatic heterocycles. The molecule has 0 spiro atoms. The zero-order valence-electron chi connectivity index (χ0n) is 44.2. The van der Waals surface area contributed by atoms with Crippen molar-refractivity contribution in [3.8, 4) is 61.3 Å². The monoisotopic (exact) mass is 717 g/mol. The van der Waals surface area contributed by atoms with Gasteiger partial charge in [0.05, 0.1) is 24.7 Å². The molecule has 2 nitrogen and oxygen atoms in total. The maximum atomic E-state index is 8.91. The predicted molar refractivity (Wildman–Crippen MR) is 233 cm³/mol. The fraction of sp³-hybridized carbons (Fsp3) is 0.0377. The molecule has 0 bridgehead atoms. The molecule has 1 aromatic heterocycles. The first-order valence-corrected chi connectivity index (χ1v) is 17.7. The Kier molecular flexibility index (Phi) is 5.11. The number of rotatable bonds is 7. The molecule has 10 rings (SSSR count). The lowest BCUT2D eigenvalue weighted by Crippen LogP contribution is -1.99. The minimum absolute atomic E-state index is 0.0994. The number of para-hydroxylation sites is 2. The lowest BCUT2D eigenvalue weighted by molar-refractivity contribution is 0.908. The molecule has 0 atom stereocenters. The van der Waals surface area contributed by atoms with E-state index in [1.807, 2.05) is 97.1 Å². The first-order chi connectivity index (χ1) is 33.3. The molecule has 2 heteroatoms. The van der Waals surface area contributed by atoms with Crippen LogP contribution in [0.4, 0.5) is 0 Å². The topological polar surface area (TPSA) is 17.8 Å². The van der Waals surface area contributed by atoms with Gasteiger partial charge in [-0.1, -0.05) is 164 Å². The summed E-state index contributed by atoms with van der Waals surface area (Å²) in [5.41, 5.74) is 6.61. The van der Waals surface area contributed by atoms with Crippen LogP contribution in [0.5, 0.6) is 0 Å². The van der Waals surface area contributed by atoms with Crippen molar-refractivity contribution in [1.29, 1.82) is 0 Å². The molecule has 1 heterocycles. The van der Waals surface area contributed by atoms with Crippen LogP contribution >= 0.6 is 0 Å². The van der Waals surface area contributed by atoms with Crippen LogP contribution in [0, 0.1) is 0 Å². The highest BCUT2D eigenvalue weighted by atomic mass is 15.1. The van der Waals surface area contributed by atoms with Gasteiger partial charge in [0.15, 0.2) is 0 Å². The van der Waals surface area contributed by atoms with E-state index in [1.165, 1.54) is 6.07 Å². The lowest BCUT2D eigenvalue weighted by atomic mass is 9.84. The summed E-state index contributed by atoms with van der Waals surface area (Å²) in [5, 5.41) is 3.34. The summed E-state index contributed by atoms with van der Waals surface area (Å²) in [7, 11) is 0. The summed E-state index contributed by atoms with van der Waals surface area (Å²) < 4.78 is 129. The molecule has 0 aliphatic rings. The number of hydrogen-bond acceptors (Lipinski definition) is 1. The first kappa shape index (κ1) is 20.4. The van der Waals surface area contributed by atoms with Crippen molar-refractivity contribution in [1.82, 2.24) is 9.55 Å². The standard InChI is InChI=1S/C53H38N2/c1-2-51-54-49-23-13-14-24-50(49)55(51)44-31-29-39(30-32-44)38-25-27-40(28-26-38)52-45-19-9-11-21-47(45)53(48-22-12-10-20-46(48)52)43-34-41(36-15-5-3-6-16-36)33-42(35-43)37-17-7-4-8-18-37/h3-35H,2H2,1H3/i1D3,2D2,3D,4D,5D,6D,7D,8D,15D,16D,17D,18D. The first-order valence-electron chi connectivity index (χ1n) is 25.2. The van der Waals surface area contributed by atoms with Crippen LogP contribution in [0.1, 0.15) is 33.2 Å². The minimum Gasteiger partial charge on any atom is -0.296 e. The molecule has 0 unspecified atom stereocenters. The average Bonchev–Trinajstić information content (AvgIpc) is 3.76. The van der Waals surface area contributed by atoms with Gasteiger partial charge in [0.25, 0.3) is 0 Å². The SMILES string of the molecule is [2H]c1c([2H])c([2H])c(-c2cc(-c3c([2H])c([2H])c([2H])c([2H])c3[2H])cc(-c3c4ccccc4c(-c4ccc(-c5ccc(-n6c(C([2H])([2H])C([2H])([2H])[2H])nc7ccccc76)cc5)cc4)c4ccccc34)c2)c([2H])c1[2H]. The molecular weight excluding hydrogens is 665 g/mol. The number of aryl methyl sites for hydroxylation is 1. The summed E-state index contributed by atoms with van der Waals surface area (Å²) in [6, 6.07) is 38.0. The van der Waals surface area contributed by atoms with Gasteiger partial charge in [-0.15, -0.1) is 0 Å². The Hall–Kier alpha value is -7.03. The van der Waals surface area contributed by atoms with Crippen LogP contribution in [0.3, 0.4) is 0 Å². The molecule has 0 saturated carbocycles. The van der Waals surface area contributed by atoms with Crippen molar-refractivity contribution in [3.63, 3.8) is 0 Å². The second kappa shape index (κ2) is 13.7. The van der Waals surface area contributed by atoms with E-state index in [0.717, 1.165) is 49.4 Å². The van der Waals surface area contributed by atoms with Gasteiger partial charge < -0.3 is 0 Å². The van der Waals surface area contributed by atoms with E-state index >= 15 is 0 Å². The van der Waals surface area contributed by atoms with Crippen molar-refractivity contribution < 1.29 is 20.6 Å². The highest BCUT2D eigenvalue weighted by Crippen LogP contribution is 2.45. The Morgan fingerprint density at radius 3 is 1.47 bits per heavy atom. The summed E-state index contributed by atoms with van der Waals surface area (Å²) in [5.74, 6) is -0.215. The highest BCUT2D eigenvalue weighted by Gasteiger charge is 2.18. The normalized spacial score (nSPS) is 15.8. The van der Waals surface area contributed by atoms with E-state index in [4.69, 9.17) is 20.6 Å². The van der Waals surface area contributed by atoms with Crippen molar-refractivity contribution in [3.05, 3.63) is 206 Å². The van der Waals surface area contributed by atoms with Crippen LogP contribution in [0.2, 0.25) is 0 Å². The van der Waals surface area contributed by atoms with E-state index < -0.39 is 73.6 Å². The van der Waals surface area contributed by atoms with Crippen LogP contribution in [0.15, 0.2) is 200 Å². The molecule has 0 N–H and O–H groups in total. The van der Waals surface area contributed by atoms with Crippen molar-refractivity contribution in [2.24, 2.45) is 0 Å². The van der Waals surface area contributed by atoms with E-state index in [9.17, 15) is 0 Å². The van der Waals surface area contributed by atoms with Gasteiger partial charge in [-0.25, -0.2) is 4.98 Å². The maximum Gasteiger partial charge on any atom is 0.114 e. The van der Waals surface area contributed by atoms with Crippen LogP contribution < -0.4 is 0 Å². The van der Waals surface area contributed by atoms with Gasteiger partial charge in [0.2, 0.25) is 0 Å². The number of nitrogens with zero attached hydrogens (tertiary/aromatic N) is 2. The number of benzene rings is 9. The Bertz CT molecular complexity index is 3580. The summed E-state index contributed by atoms with van der Waals surface area (Å²) in [4.78, 5) is 4.44. The number of aromatic nitrogens is 2. The third-order valence-corrected chi connectivity index (χ3v) is 10.0. The highest BCUT2D eigenvalue weighted by molar-refractivity contribution is 6.21. The van der Waals surface area contributed by atoms with Crippen LogP contribution in [-0.2, 0) is 6.37 Å². The largest absolute Gasteiger partial charge is 0.296 e. The third-order valence-electron chi connectivity index (χ3n) is 10.0. The smallest absolute Gasteiger partial charge is 0.114 e. The fourth-order valence-electron chi connectivity index (χ4n) is 7.60. The quantitative estimate of drug-likeness (QED) is 0.150. The van der Waals surface area contributed by atoms with Gasteiger partial charge in [-0.05, 0) is 120 Å². The second-order valence-electron chi connectivity index (χ2n) is 13.1. The maximum absolute atomic E-state index is 8.91. The zero-order chi connectivity index (χ0) is 49.7. The summed E-state index contributed by atoms with van der Waals surface area (Å²) >= 11 is 0. The molecule has 0 radical (unpaired) electrons. The predicted octanol–water partition coefficient (Wildman–Crippen LogP) is 14.2. The van der Waals surface area contributed by atoms with Crippen LogP contribution in [0.25, 0.3) is 93.9 Å². The fourth-order valence-corrected chi connectivity index (χ4v) is 7.60. The third kappa shape index (κ3) is 5.80. The van der Waals surface area contributed by atoms with E-state index in [2.05, 4.69) is 4.98 Å². The zero-order valence-corrected chi connectivity index (χ0v) is 29.2. The molecule has 0 aliphatic carbocycles. The Balaban J connectivity index is 1.13. The van der Waals surface area contributed by atoms with E-state index in [1.54, 1.807) is 41.0 Å². The Morgan fingerprint density at radius 2 is 0.927 bits per heavy atom. The van der Waals surface area contributed by atoms with Gasteiger partial charge in [-0.3, -0.25) is 4.57 Å². The number of imidazole rings is 1. The summed E-state index contributed by atoms with van der Waals surface area (Å²) in [6.45, 7) is -2.96. The Labute approximate surface area is 342 Å². The van der Waals surface area contributed by atoms with Crippen molar-refractivity contribution in [2.45, 2.75) is 13.2 Å². The molecule has 9 aromatic carbocycles. The molecular formula is C53H38N2. The minimum atomic E-state index is -2.96. The molecule has 0 amide bonds. The Morgan fingerprint density at radius 1 is 0.473 bits per heavy atom. The van der Waals surface area contributed by atoms with Crippen molar-refractivity contribution in [2.75, 3.05) is 0 Å². The second-order valence-corrected chi connectivity index (χ2v) is 13.1.